The van der Waals surface area contributed by atoms with E-state index >= 15 is 0 Å². The van der Waals surface area contributed by atoms with Crippen LogP contribution in [0.2, 0.25) is 0 Å². The number of nitrogens with zero attached hydrogens (tertiary/aromatic N) is 2. The first-order valence-electron chi connectivity index (χ1n) is 7.41. The minimum Gasteiger partial charge on any atom is -0.371 e. The van der Waals surface area contributed by atoms with Crippen LogP contribution in [-0.2, 0) is 11.2 Å². The van der Waals surface area contributed by atoms with Crippen molar-refractivity contribution in [1.29, 1.82) is 0 Å². The fourth-order valence-electron chi connectivity index (χ4n) is 2.58. The van der Waals surface area contributed by atoms with Gasteiger partial charge in [0.1, 0.15) is 5.82 Å². The Morgan fingerprint density at radius 3 is 2.71 bits per heavy atom. The van der Waals surface area contributed by atoms with Crippen LogP contribution in [0.3, 0.4) is 0 Å². The second-order valence-corrected chi connectivity index (χ2v) is 5.60. The smallest absolute Gasteiger partial charge is 0.132 e. The fraction of sp³-hybridized carbons (Fsp3) is 0.412. The number of hydrogen-bond donors (Lipinski definition) is 1. The van der Waals surface area contributed by atoms with Crippen molar-refractivity contribution >= 4 is 0 Å². The molecule has 0 amide bonds. The highest BCUT2D eigenvalue weighted by atomic mass is 16.5. The summed E-state index contributed by atoms with van der Waals surface area (Å²) in [4.78, 5) is 8.76. The van der Waals surface area contributed by atoms with E-state index < -0.39 is 0 Å². The van der Waals surface area contributed by atoms with Crippen LogP contribution in [0.25, 0.3) is 0 Å². The average Bonchev–Trinajstić information content (AvgIpc) is 2.52. The van der Waals surface area contributed by atoms with Crippen LogP contribution in [0.5, 0.6) is 0 Å². The lowest BCUT2D eigenvalue weighted by atomic mass is 9.99. The summed E-state index contributed by atoms with van der Waals surface area (Å²) in [6, 6.07) is 6.56. The number of rotatable bonds is 3. The molecule has 0 saturated carbocycles. The molecule has 1 saturated heterocycles. The van der Waals surface area contributed by atoms with E-state index in [9.17, 15) is 0 Å². The van der Waals surface area contributed by atoms with Crippen molar-refractivity contribution < 1.29 is 4.74 Å². The van der Waals surface area contributed by atoms with E-state index in [-0.39, 0.29) is 6.10 Å². The number of hydrogen-bond acceptors (Lipinski definition) is 4. The molecule has 0 unspecified atom stereocenters. The number of benzene rings is 1. The number of aryl methyl sites for hydroxylation is 2. The first kappa shape index (κ1) is 14.2. The van der Waals surface area contributed by atoms with Crippen LogP contribution in [0, 0.1) is 13.8 Å². The summed E-state index contributed by atoms with van der Waals surface area (Å²) < 4.78 is 5.80. The van der Waals surface area contributed by atoms with Gasteiger partial charge in [0.05, 0.1) is 12.7 Å². The fourth-order valence-corrected chi connectivity index (χ4v) is 2.58. The minimum atomic E-state index is 0.169. The van der Waals surface area contributed by atoms with Crippen LogP contribution < -0.4 is 5.32 Å². The standard InChI is InChI=1S/C17H21N3O/c1-12-9-19-17(20-10-12)8-14-3-4-15(7-13(14)2)16-11-18-5-6-21-16/h3-4,7,9-10,16,18H,5-6,8,11H2,1-2H3/t16-/m0/s1. The lowest BCUT2D eigenvalue weighted by Crippen LogP contribution is -2.33. The predicted molar refractivity (Wildman–Crippen MR) is 82.3 cm³/mol. The van der Waals surface area contributed by atoms with Gasteiger partial charge in [0, 0.05) is 31.9 Å². The molecule has 1 fully saturated rings. The van der Waals surface area contributed by atoms with Gasteiger partial charge in [-0.1, -0.05) is 18.2 Å². The maximum atomic E-state index is 5.80. The number of morpholine rings is 1. The van der Waals surface area contributed by atoms with Gasteiger partial charge in [-0.05, 0) is 36.1 Å². The quantitative estimate of drug-likeness (QED) is 0.939. The van der Waals surface area contributed by atoms with Gasteiger partial charge in [-0.15, -0.1) is 0 Å². The van der Waals surface area contributed by atoms with Crippen molar-refractivity contribution in [2.75, 3.05) is 19.7 Å². The molecule has 0 bridgehead atoms. The molecule has 1 aromatic heterocycles. The summed E-state index contributed by atoms with van der Waals surface area (Å²) in [5.41, 5.74) is 4.87. The third-order valence-corrected chi connectivity index (χ3v) is 3.85. The van der Waals surface area contributed by atoms with Crippen LogP contribution in [0.1, 0.15) is 34.2 Å². The van der Waals surface area contributed by atoms with E-state index in [1.807, 2.05) is 19.3 Å². The largest absolute Gasteiger partial charge is 0.371 e. The third kappa shape index (κ3) is 3.46. The first-order chi connectivity index (χ1) is 10.2. The third-order valence-electron chi connectivity index (χ3n) is 3.85. The molecule has 1 N–H and O–H groups in total. The molecule has 2 heterocycles. The summed E-state index contributed by atoms with van der Waals surface area (Å²) in [5, 5.41) is 3.37. The molecule has 0 spiro atoms. The van der Waals surface area contributed by atoms with Crippen LogP contribution in [-0.4, -0.2) is 29.7 Å². The molecule has 21 heavy (non-hydrogen) atoms. The SMILES string of the molecule is Cc1cnc(Cc2ccc([C@@H]3CNCCO3)cc2C)nc1. The van der Waals surface area contributed by atoms with Gasteiger partial charge in [0.2, 0.25) is 0 Å². The molecule has 3 rings (SSSR count). The Morgan fingerprint density at radius 1 is 1.24 bits per heavy atom. The van der Waals surface area contributed by atoms with E-state index in [0.717, 1.165) is 37.5 Å². The van der Waals surface area contributed by atoms with Crippen molar-refractivity contribution in [2.45, 2.75) is 26.4 Å². The highest BCUT2D eigenvalue weighted by Crippen LogP contribution is 2.22. The van der Waals surface area contributed by atoms with Gasteiger partial charge in [-0.3, -0.25) is 0 Å². The maximum absolute atomic E-state index is 5.80. The summed E-state index contributed by atoms with van der Waals surface area (Å²) in [7, 11) is 0. The van der Waals surface area contributed by atoms with Crippen molar-refractivity contribution in [3.8, 4) is 0 Å². The molecular formula is C17H21N3O. The van der Waals surface area contributed by atoms with Crippen LogP contribution in [0.15, 0.2) is 30.6 Å². The topological polar surface area (TPSA) is 47.0 Å². The van der Waals surface area contributed by atoms with E-state index in [4.69, 9.17) is 4.74 Å². The predicted octanol–water partition coefficient (Wildman–Crippen LogP) is 2.35. The van der Waals surface area contributed by atoms with E-state index in [1.54, 1.807) is 0 Å². The molecule has 1 aromatic carbocycles. The van der Waals surface area contributed by atoms with Gasteiger partial charge in [0.25, 0.3) is 0 Å². The first-order valence-corrected chi connectivity index (χ1v) is 7.41. The molecule has 2 aromatic rings. The molecule has 110 valence electrons. The summed E-state index contributed by atoms with van der Waals surface area (Å²) in [6.45, 7) is 6.76. The zero-order valence-corrected chi connectivity index (χ0v) is 12.6. The molecule has 1 atom stereocenters. The van der Waals surface area contributed by atoms with Crippen molar-refractivity contribution in [3.63, 3.8) is 0 Å². The molecule has 1 aliphatic rings. The Kier molecular flexibility index (Phi) is 4.27. The molecule has 4 heteroatoms. The monoisotopic (exact) mass is 283 g/mol. The molecule has 4 nitrogen and oxygen atoms in total. The normalized spacial score (nSPS) is 18.7. The number of nitrogens with one attached hydrogen (secondary N) is 1. The van der Waals surface area contributed by atoms with Crippen LogP contribution >= 0.6 is 0 Å². The lowest BCUT2D eigenvalue weighted by molar-refractivity contribution is 0.0276. The Hall–Kier alpha value is -1.78. The second kappa shape index (κ2) is 6.33. The molecule has 0 aliphatic carbocycles. The lowest BCUT2D eigenvalue weighted by Gasteiger charge is -2.24. The molecular weight excluding hydrogens is 262 g/mol. The van der Waals surface area contributed by atoms with Gasteiger partial charge in [0.15, 0.2) is 0 Å². The number of ether oxygens (including phenoxy) is 1. The van der Waals surface area contributed by atoms with Crippen molar-refractivity contribution in [3.05, 3.63) is 58.7 Å². The van der Waals surface area contributed by atoms with Gasteiger partial charge in [-0.25, -0.2) is 9.97 Å². The average molecular weight is 283 g/mol. The minimum absolute atomic E-state index is 0.169. The summed E-state index contributed by atoms with van der Waals surface area (Å²) >= 11 is 0. The highest BCUT2D eigenvalue weighted by Gasteiger charge is 2.16. The Labute approximate surface area is 125 Å². The summed E-state index contributed by atoms with van der Waals surface area (Å²) in [6.07, 6.45) is 4.68. The zero-order chi connectivity index (χ0) is 14.7. The van der Waals surface area contributed by atoms with Gasteiger partial charge >= 0.3 is 0 Å². The summed E-state index contributed by atoms with van der Waals surface area (Å²) in [5.74, 6) is 0.868. The maximum Gasteiger partial charge on any atom is 0.132 e. The van der Waals surface area contributed by atoms with Gasteiger partial charge < -0.3 is 10.1 Å². The van der Waals surface area contributed by atoms with Crippen LogP contribution in [0.4, 0.5) is 0 Å². The Morgan fingerprint density at radius 2 is 2.05 bits per heavy atom. The number of aromatic nitrogens is 2. The van der Waals surface area contributed by atoms with Gasteiger partial charge in [-0.2, -0.15) is 0 Å². The van der Waals surface area contributed by atoms with E-state index in [2.05, 4.69) is 40.4 Å². The molecule has 0 radical (unpaired) electrons. The molecule has 1 aliphatic heterocycles. The second-order valence-electron chi connectivity index (χ2n) is 5.60. The van der Waals surface area contributed by atoms with E-state index in [0.29, 0.717) is 0 Å². The Bertz CT molecular complexity index is 604. The van der Waals surface area contributed by atoms with Crippen molar-refractivity contribution in [2.24, 2.45) is 0 Å². The zero-order valence-electron chi connectivity index (χ0n) is 12.6. The Balaban J connectivity index is 1.76. The van der Waals surface area contributed by atoms with E-state index in [1.165, 1.54) is 16.7 Å². The highest BCUT2D eigenvalue weighted by molar-refractivity contribution is 5.34. The van der Waals surface area contributed by atoms with Crippen molar-refractivity contribution in [1.82, 2.24) is 15.3 Å².